The van der Waals surface area contributed by atoms with E-state index in [0.717, 1.165) is 4.90 Å². The van der Waals surface area contributed by atoms with Gasteiger partial charge in [0.15, 0.2) is 17.5 Å². The largest absolute Gasteiger partial charge is 0.481 e. The molecule has 0 radical (unpaired) electrons. The zero-order chi connectivity index (χ0) is 14.2. The maximum absolute atomic E-state index is 12.9. The molecule has 102 valence electrons. The lowest BCUT2D eigenvalue weighted by atomic mass is 10.0. The van der Waals surface area contributed by atoms with Gasteiger partial charge in [-0.2, -0.15) is 0 Å². The van der Waals surface area contributed by atoms with Gasteiger partial charge in [0.1, 0.15) is 0 Å². The molecule has 0 saturated carbocycles. The summed E-state index contributed by atoms with van der Waals surface area (Å²) in [5, 5.41) is 10.8. The molecule has 1 heterocycles. The van der Waals surface area contributed by atoms with Gasteiger partial charge < -0.3 is 15.3 Å². The van der Waals surface area contributed by atoms with Crippen molar-refractivity contribution in [3.8, 4) is 0 Å². The van der Waals surface area contributed by atoms with E-state index in [4.69, 9.17) is 5.11 Å². The third-order valence-electron chi connectivity index (χ3n) is 2.75. The lowest BCUT2D eigenvalue weighted by Gasteiger charge is -2.36. The Morgan fingerprint density at radius 2 is 1.74 bits per heavy atom. The molecule has 2 rings (SSSR count). The minimum Gasteiger partial charge on any atom is -0.481 e. The Kier molecular flexibility index (Phi) is 3.32. The molecule has 1 aliphatic heterocycles. The van der Waals surface area contributed by atoms with Crippen molar-refractivity contribution in [1.29, 1.82) is 0 Å². The van der Waals surface area contributed by atoms with Gasteiger partial charge in [-0.1, -0.05) is 0 Å². The summed E-state index contributed by atoms with van der Waals surface area (Å²) in [7, 11) is 0. The molecule has 1 aliphatic rings. The Bertz CT molecular complexity index is 521. The first-order chi connectivity index (χ1) is 8.88. The summed E-state index contributed by atoms with van der Waals surface area (Å²) in [4.78, 5) is 23.3. The van der Waals surface area contributed by atoms with E-state index < -0.39 is 35.4 Å². The molecule has 1 saturated heterocycles. The first kappa shape index (κ1) is 13.2. The fourth-order valence-corrected chi connectivity index (χ4v) is 1.63. The average molecular weight is 274 g/mol. The summed E-state index contributed by atoms with van der Waals surface area (Å²) in [5.41, 5.74) is -0.236. The average Bonchev–Trinajstić information content (AvgIpc) is 2.22. The Morgan fingerprint density at radius 3 is 2.21 bits per heavy atom. The Hall–Kier alpha value is -2.25. The molecule has 1 fully saturated rings. The number of hydrogen-bond acceptors (Lipinski definition) is 2. The van der Waals surface area contributed by atoms with E-state index in [1.165, 1.54) is 0 Å². The summed E-state index contributed by atoms with van der Waals surface area (Å²) in [6.45, 7) is 0.0423. The molecule has 19 heavy (non-hydrogen) atoms. The van der Waals surface area contributed by atoms with Gasteiger partial charge in [-0.3, -0.25) is 4.79 Å². The molecule has 2 amide bonds. The molecule has 1 aromatic rings. The second kappa shape index (κ2) is 4.79. The van der Waals surface area contributed by atoms with Gasteiger partial charge in [0, 0.05) is 30.9 Å². The summed E-state index contributed by atoms with van der Waals surface area (Å²) in [5.74, 6) is -6.09. The van der Waals surface area contributed by atoms with Crippen LogP contribution < -0.4 is 5.32 Å². The minimum atomic E-state index is -1.62. The third kappa shape index (κ3) is 2.61. The number of halogens is 3. The van der Waals surface area contributed by atoms with Crippen LogP contribution in [0, 0.1) is 23.4 Å². The SMILES string of the molecule is O=C(O)C1CN(C(=O)Nc2cc(F)c(F)c(F)c2)C1. The van der Waals surface area contributed by atoms with Gasteiger partial charge in [-0.15, -0.1) is 0 Å². The van der Waals surface area contributed by atoms with Crippen molar-refractivity contribution in [3.63, 3.8) is 0 Å². The number of anilines is 1. The van der Waals surface area contributed by atoms with Gasteiger partial charge in [-0.05, 0) is 0 Å². The summed E-state index contributed by atoms with van der Waals surface area (Å²) < 4.78 is 38.5. The van der Waals surface area contributed by atoms with Gasteiger partial charge in [0.05, 0.1) is 5.92 Å². The van der Waals surface area contributed by atoms with Gasteiger partial charge >= 0.3 is 12.0 Å². The van der Waals surface area contributed by atoms with Crippen LogP contribution in [0.2, 0.25) is 0 Å². The molecule has 5 nitrogen and oxygen atoms in total. The van der Waals surface area contributed by atoms with Crippen LogP contribution >= 0.6 is 0 Å². The Balaban J connectivity index is 1.99. The topological polar surface area (TPSA) is 69.6 Å². The number of carboxylic acids is 1. The van der Waals surface area contributed by atoms with Gasteiger partial charge in [-0.25, -0.2) is 18.0 Å². The van der Waals surface area contributed by atoms with E-state index in [1.807, 2.05) is 0 Å². The van der Waals surface area contributed by atoms with E-state index in [2.05, 4.69) is 5.32 Å². The number of urea groups is 1. The van der Waals surface area contributed by atoms with Crippen molar-refractivity contribution in [2.24, 2.45) is 5.92 Å². The zero-order valence-electron chi connectivity index (χ0n) is 9.49. The summed E-state index contributed by atoms with van der Waals surface area (Å²) in [6, 6.07) is 0.596. The lowest BCUT2D eigenvalue weighted by molar-refractivity contribution is -0.145. The monoisotopic (exact) mass is 274 g/mol. The van der Waals surface area contributed by atoms with Crippen LogP contribution in [-0.2, 0) is 4.79 Å². The maximum atomic E-state index is 12.9. The Morgan fingerprint density at radius 1 is 1.21 bits per heavy atom. The number of benzene rings is 1. The molecule has 2 N–H and O–H groups in total. The fraction of sp³-hybridized carbons (Fsp3) is 0.273. The highest BCUT2D eigenvalue weighted by Crippen LogP contribution is 2.20. The van der Waals surface area contributed by atoms with Crippen LogP contribution in [0.4, 0.5) is 23.7 Å². The minimum absolute atomic E-state index is 0.0212. The predicted octanol–water partition coefficient (Wildman–Crippen LogP) is 1.65. The molecule has 0 aromatic heterocycles. The molecular weight excluding hydrogens is 265 g/mol. The van der Waals surface area contributed by atoms with Crippen molar-refractivity contribution in [1.82, 2.24) is 4.90 Å². The van der Waals surface area contributed by atoms with Crippen molar-refractivity contribution in [2.45, 2.75) is 0 Å². The quantitative estimate of drug-likeness (QED) is 0.806. The first-order valence-electron chi connectivity index (χ1n) is 5.31. The first-order valence-corrected chi connectivity index (χ1v) is 5.31. The van der Waals surface area contributed by atoms with E-state index in [0.29, 0.717) is 12.1 Å². The van der Waals surface area contributed by atoms with Crippen LogP contribution in [0.3, 0.4) is 0 Å². The third-order valence-corrected chi connectivity index (χ3v) is 2.75. The highest BCUT2D eigenvalue weighted by molar-refractivity contribution is 5.91. The number of rotatable bonds is 2. The van der Waals surface area contributed by atoms with Gasteiger partial charge in [0.25, 0.3) is 0 Å². The second-order valence-corrected chi connectivity index (χ2v) is 4.12. The molecular formula is C11H9F3N2O3. The van der Waals surface area contributed by atoms with E-state index in [9.17, 15) is 22.8 Å². The zero-order valence-corrected chi connectivity index (χ0v) is 9.49. The van der Waals surface area contributed by atoms with Crippen LogP contribution in [0.1, 0.15) is 0 Å². The number of nitrogens with zero attached hydrogens (tertiary/aromatic N) is 1. The number of hydrogen-bond donors (Lipinski definition) is 2. The summed E-state index contributed by atoms with van der Waals surface area (Å²) in [6.07, 6.45) is 0. The van der Waals surface area contributed by atoms with Crippen molar-refractivity contribution in [3.05, 3.63) is 29.6 Å². The lowest BCUT2D eigenvalue weighted by Crippen LogP contribution is -2.54. The van der Waals surface area contributed by atoms with Crippen LogP contribution in [0.25, 0.3) is 0 Å². The molecule has 0 unspecified atom stereocenters. The smallest absolute Gasteiger partial charge is 0.321 e. The van der Waals surface area contributed by atoms with E-state index in [1.54, 1.807) is 0 Å². The van der Waals surface area contributed by atoms with Crippen LogP contribution in [0.5, 0.6) is 0 Å². The highest BCUT2D eigenvalue weighted by atomic mass is 19.2. The highest BCUT2D eigenvalue weighted by Gasteiger charge is 2.35. The standard InChI is InChI=1S/C11H9F3N2O3/c12-7-1-6(2-8(13)9(7)14)15-11(19)16-3-5(4-16)10(17)18/h1-2,5H,3-4H2,(H,15,19)(H,17,18). The number of carbonyl (C=O) groups is 2. The molecule has 0 aliphatic carbocycles. The van der Waals surface area contributed by atoms with Crippen molar-refractivity contribution >= 4 is 17.7 Å². The van der Waals surface area contributed by atoms with Crippen molar-refractivity contribution in [2.75, 3.05) is 18.4 Å². The summed E-state index contributed by atoms with van der Waals surface area (Å²) >= 11 is 0. The number of carbonyl (C=O) groups excluding carboxylic acids is 1. The Labute approximate surface area is 105 Å². The molecule has 0 bridgehead atoms. The maximum Gasteiger partial charge on any atom is 0.321 e. The van der Waals surface area contributed by atoms with E-state index in [-0.39, 0.29) is 18.8 Å². The van der Waals surface area contributed by atoms with Crippen molar-refractivity contribution < 1.29 is 27.9 Å². The molecule has 0 spiro atoms. The predicted molar refractivity (Wildman–Crippen MR) is 58.0 cm³/mol. The second-order valence-electron chi connectivity index (χ2n) is 4.12. The van der Waals surface area contributed by atoms with Gasteiger partial charge in [0.2, 0.25) is 0 Å². The number of likely N-dealkylation sites (tertiary alicyclic amines) is 1. The number of nitrogens with one attached hydrogen (secondary N) is 1. The van der Waals surface area contributed by atoms with Crippen LogP contribution in [-0.4, -0.2) is 35.1 Å². The number of aliphatic carboxylic acids is 1. The molecule has 0 atom stereocenters. The number of carboxylic acid groups (broad SMARTS) is 1. The normalized spacial score (nSPS) is 15.0. The molecule has 1 aromatic carbocycles. The van der Waals surface area contributed by atoms with Crippen LogP contribution in [0.15, 0.2) is 12.1 Å². The van der Waals surface area contributed by atoms with E-state index >= 15 is 0 Å². The number of amides is 2. The fourth-order valence-electron chi connectivity index (χ4n) is 1.63. The molecule has 8 heteroatoms.